The summed E-state index contributed by atoms with van der Waals surface area (Å²) < 4.78 is 33.3. The Labute approximate surface area is 163 Å². The van der Waals surface area contributed by atoms with Gasteiger partial charge in [0.2, 0.25) is 11.6 Å². The van der Waals surface area contributed by atoms with E-state index in [1.165, 1.54) is 17.8 Å². The predicted octanol–water partition coefficient (Wildman–Crippen LogP) is 2.46. The van der Waals surface area contributed by atoms with Crippen LogP contribution >= 0.6 is 0 Å². The second-order valence-corrected chi connectivity index (χ2v) is 6.28. The molecule has 0 spiro atoms. The van der Waals surface area contributed by atoms with Crippen LogP contribution in [0, 0.1) is 17.0 Å². The zero-order chi connectivity index (χ0) is 21.9. The van der Waals surface area contributed by atoms with Crippen LogP contribution in [-0.2, 0) is 22.6 Å². The molecule has 0 unspecified atom stereocenters. The number of hydrogen-bond donors (Lipinski definition) is 1. The largest absolute Gasteiger partial charge is 0.458 e. The highest BCUT2D eigenvalue weighted by molar-refractivity contribution is 5.99. The molecule has 0 bridgehead atoms. The molecule has 2 aromatic rings. The van der Waals surface area contributed by atoms with Crippen LogP contribution in [-0.4, -0.2) is 42.5 Å². The summed E-state index contributed by atoms with van der Waals surface area (Å²) in [6, 6.07) is 0. The monoisotopic (exact) mass is 414 g/mol. The molecule has 2 rings (SSSR count). The van der Waals surface area contributed by atoms with Gasteiger partial charge in [0.1, 0.15) is 12.2 Å². The number of amides is 1. The number of alkyl halides is 2. The van der Waals surface area contributed by atoms with Gasteiger partial charge in [-0.15, -0.1) is 0 Å². The summed E-state index contributed by atoms with van der Waals surface area (Å²) in [6.45, 7) is 6.14. The second kappa shape index (κ2) is 8.75. The van der Waals surface area contributed by atoms with E-state index in [2.05, 4.69) is 15.5 Å². The molecule has 1 amide bonds. The molecule has 0 atom stereocenters. The topological polar surface area (TPSA) is 134 Å². The summed E-state index contributed by atoms with van der Waals surface area (Å²) in [7, 11) is 0. The molecule has 13 heteroatoms. The van der Waals surface area contributed by atoms with Crippen LogP contribution in [0.2, 0.25) is 0 Å². The van der Waals surface area contributed by atoms with Crippen molar-refractivity contribution in [1.29, 1.82) is 0 Å². The summed E-state index contributed by atoms with van der Waals surface area (Å²) >= 11 is 0. The number of nitrogens with zero attached hydrogens (tertiary/aromatic N) is 5. The lowest BCUT2D eigenvalue weighted by molar-refractivity contribution is -0.386. The quantitative estimate of drug-likeness (QED) is 0.398. The number of carbonyl (C=O) groups excluding carboxylic acids is 2. The molecule has 0 fully saturated rings. The second-order valence-electron chi connectivity index (χ2n) is 6.28. The highest BCUT2D eigenvalue weighted by Crippen LogP contribution is 2.30. The lowest BCUT2D eigenvalue weighted by Crippen LogP contribution is -2.22. The first kappa shape index (κ1) is 21.9. The third-order valence-corrected chi connectivity index (χ3v) is 3.78. The van der Waals surface area contributed by atoms with E-state index in [1.807, 2.05) is 0 Å². The van der Waals surface area contributed by atoms with Crippen LogP contribution in [0.4, 0.5) is 20.2 Å². The number of rotatable bonds is 8. The van der Waals surface area contributed by atoms with Gasteiger partial charge in [0.15, 0.2) is 5.69 Å². The average molecular weight is 414 g/mol. The van der Waals surface area contributed by atoms with Crippen LogP contribution in [0.15, 0.2) is 6.20 Å². The smallest absolute Gasteiger partial charge is 0.361 e. The Morgan fingerprint density at radius 2 is 2.00 bits per heavy atom. The minimum absolute atomic E-state index is 0.0656. The first-order valence-corrected chi connectivity index (χ1v) is 8.63. The Kier molecular flexibility index (Phi) is 6.61. The molecule has 2 aromatic heterocycles. The minimum atomic E-state index is -3.17. The molecule has 1 N–H and O–H groups in total. The van der Waals surface area contributed by atoms with Gasteiger partial charge in [0.25, 0.3) is 6.43 Å². The van der Waals surface area contributed by atoms with Crippen LogP contribution in [0.3, 0.4) is 0 Å². The molecule has 158 valence electrons. The van der Waals surface area contributed by atoms with E-state index in [4.69, 9.17) is 4.74 Å². The predicted molar refractivity (Wildman–Crippen MR) is 95.7 cm³/mol. The van der Waals surface area contributed by atoms with Gasteiger partial charge < -0.3 is 10.1 Å². The maximum absolute atomic E-state index is 13.0. The van der Waals surface area contributed by atoms with Gasteiger partial charge in [-0.25, -0.2) is 13.6 Å². The molecule has 0 aliphatic rings. The maximum atomic E-state index is 13.0. The van der Waals surface area contributed by atoms with E-state index in [-0.39, 0.29) is 17.1 Å². The Morgan fingerprint density at radius 3 is 2.48 bits per heavy atom. The first-order valence-electron chi connectivity index (χ1n) is 8.63. The van der Waals surface area contributed by atoms with Crippen molar-refractivity contribution in [2.24, 2.45) is 0 Å². The van der Waals surface area contributed by atoms with Crippen LogP contribution < -0.4 is 5.32 Å². The number of esters is 1. The number of nitro groups is 1. The van der Waals surface area contributed by atoms with E-state index in [9.17, 15) is 28.5 Å². The molecular weight excluding hydrogens is 394 g/mol. The Balaban J connectivity index is 2.26. The van der Waals surface area contributed by atoms with Crippen molar-refractivity contribution >= 4 is 23.3 Å². The van der Waals surface area contributed by atoms with Crippen molar-refractivity contribution in [3.63, 3.8) is 0 Å². The number of hydrogen-bond acceptors (Lipinski definition) is 7. The molecule has 2 heterocycles. The Hall–Kier alpha value is -3.38. The van der Waals surface area contributed by atoms with Crippen molar-refractivity contribution in [1.82, 2.24) is 19.6 Å². The summed E-state index contributed by atoms with van der Waals surface area (Å²) in [6.07, 6.45) is -2.16. The Morgan fingerprint density at radius 1 is 1.34 bits per heavy atom. The molecule has 0 saturated carbocycles. The molecule has 0 saturated heterocycles. The molecular formula is C16H20F2N6O5. The van der Waals surface area contributed by atoms with Crippen LogP contribution in [0.5, 0.6) is 0 Å². The standard InChI is InChI=1S/C16H20F2N6O5/c1-5-22-6-10(12(20-22)16(26)29-8(2)3)19-11(25)7-23-9(4)14(24(27)28)13(21-23)15(17)18/h6,8,15H,5,7H2,1-4H3,(H,19,25). The van der Waals surface area contributed by atoms with Crippen molar-refractivity contribution < 1.29 is 28.0 Å². The van der Waals surface area contributed by atoms with Gasteiger partial charge in [-0.2, -0.15) is 10.2 Å². The fraction of sp³-hybridized carbons (Fsp3) is 0.500. The SMILES string of the molecule is CCn1cc(NC(=O)Cn2nc(C(F)F)c([N+](=O)[O-])c2C)c(C(=O)OC(C)C)n1. The lowest BCUT2D eigenvalue weighted by atomic mass is 10.3. The van der Waals surface area contributed by atoms with Gasteiger partial charge >= 0.3 is 11.7 Å². The highest BCUT2D eigenvalue weighted by Gasteiger charge is 2.31. The minimum Gasteiger partial charge on any atom is -0.458 e. The Bertz CT molecular complexity index is 937. The van der Waals surface area contributed by atoms with Crippen molar-refractivity contribution in [2.45, 2.75) is 53.3 Å². The number of ether oxygens (including phenoxy) is 1. The number of carbonyl (C=O) groups is 2. The van der Waals surface area contributed by atoms with Gasteiger partial charge in [0, 0.05) is 12.7 Å². The normalized spacial score (nSPS) is 11.2. The summed E-state index contributed by atoms with van der Waals surface area (Å²) in [4.78, 5) is 34.6. The lowest BCUT2D eigenvalue weighted by Gasteiger charge is -2.08. The van der Waals surface area contributed by atoms with E-state index < -0.39 is 47.3 Å². The van der Waals surface area contributed by atoms with E-state index in [0.717, 1.165) is 4.68 Å². The van der Waals surface area contributed by atoms with Crippen LogP contribution in [0.25, 0.3) is 0 Å². The van der Waals surface area contributed by atoms with Crippen molar-refractivity contribution in [3.05, 3.63) is 33.4 Å². The number of aryl methyl sites for hydroxylation is 1. The van der Waals surface area contributed by atoms with Gasteiger partial charge in [-0.05, 0) is 27.7 Å². The molecule has 29 heavy (non-hydrogen) atoms. The number of halogens is 2. The average Bonchev–Trinajstić information content (AvgIpc) is 3.15. The molecule has 0 aromatic carbocycles. The molecule has 0 aliphatic heterocycles. The maximum Gasteiger partial charge on any atom is 0.361 e. The molecule has 11 nitrogen and oxygen atoms in total. The third kappa shape index (κ3) is 4.92. The number of nitrogens with one attached hydrogen (secondary N) is 1. The van der Waals surface area contributed by atoms with Gasteiger partial charge in [-0.3, -0.25) is 24.3 Å². The zero-order valence-electron chi connectivity index (χ0n) is 16.2. The van der Waals surface area contributed by atoms with Gasteiger partial charge in [-0.1, -0.05) is 0 Å². The summed E-state index contributed by atoms with van der Waals surface area (Å²) in [5.74, 6) is -1.48. The molecule has 0 aliphatic carbocycles. The molecule has 0 radical (unpaired) electrons. The van der Waals surface area contributed by atoms with E-state index in [1.54, 1.807) is 20.8 Å². The zero-order valence-corrected chi connectivity index (χ0v) is 16.2. The first-order chi connectivity index (χ1) is 13.5. The van der Waals surface area contributed by atoms with Crippen molar-refractivity contribution in [2.75, 3.05) is 5.32 Å². The summed E-state index contributed by atoms with van der Waals surface area (Å²) in [5.41, 5.74) is -2.10. The fourth-order valence-corrected chi connectivity index (χ4v) is 2.51. The van der Waals surface area contributed by atoms with E-state index in [0.29, 0.717) is 6.54 Å². The fourth-order valence-electron chi connectivity index (χ4n) is 2.51. The summed E-state index contributed by atoms with van der Waals surface area (Å²) in [5, 5.41) is 21.0. The van der Waals surface area contributed by atoms with E-state index >= 15 is 0 Å². The number of anilines is 1. The van der Waals surface area contributed by atoms with Gasteiger partial charge in [0.05, 0.1) is 16.7 Å². The van der Waals surface area contributed by atoms with Crippen molar-refractivity contribution in [3.8, 4) is 0 Å². The number of aromatic nitrogens is 4. The van der Waals surface area contributed by atoms with Crippen LogP contribution in [0.1, 0.15) is 49.1 Å². The highest BCUT2D eigenvalue weighted by atomic mass is 19.3. The third-order valence-electron chi connectivity index (χ3n) is 3.78.